The van der Waals surface area contributed by atoms with E-state index < -0.39 is 0 Å². The summed E-state index contributed by atoms with van der Waals surface area (Å²) >= 11 is 1.66. The summed E-state index contributed by atoms with van der Waals surface area (Å²) < 4.78 is 0. The van der Waals surface area contributed by atoms with E-state index in [4.69, 9.17) is 0 Å². The van der Waals surface area contributed by atoms with Crippen LogP contribution in [0, 0.1) is 0 Å². The molecule has 2 rings (SSSR count). The number of carbonyl (C=O) groups is 1. The lowest BCUT2D eigenvalue weighted by molar-refractivity contribution is 0.0939. The van der Waals surface area contributed by atoms with E-state index in [9.17, 15) is 4.79 Å². The number of rotatable bonds is 6. The van der Waals surface area contributed by atoms with Gasteiger partial charge in [-0.05, 0) is 50.0 Å². The Bertz CT molecular complexity index is 551. The van der Waals surface area contributed by atoms with Crippen LogP contribution in [0.25, 0.3) is 0 Å². The lowest BCUT2D eigenvalue weighted by Crippen LogP contribution is -2.27. The van der Waals surface area contributed by atoms with Gasteiger partial charge in [-0.3, -0.25) is 4.79 Å². The maximum absolute atomic E-state index is 12.4. The number of nitrogens with one attached hydrogen (secondary N) is 2. The van der Waals surface area contributed by atoms with Gasteiger partial charge in [0.15, 0.2) is 0 Å². The number of likely N-dealkylation sites (N-methyl/N-ethyl adjacent to an activating group) is 1. The SMILES string of the molecule is CNCCc1ccccc1C(=O)NC(C)c1cccs1. The van der Waals surface area contributed by atoms with Crippen molar-refractivity contribution in [3.63, 3.8) is 0 Å². The molecule has 1 atom stereocenters. The molecule has 1 unspecified atom stereocenters. The van der Waals surface area contributed by atoms with Crippen LogP contribution in [-0.4, -0.2) is 19.5 Å². The number of amides is 1. The maximum atomic E-state index is 12.4. The van der Waals surface area contributed by atoms with Crippen LogP contribution in [0.2, 0.25) is 0 Å². The van der Waals surface area contributed by atoms with Crippen molar-refractivity contribution >= 4 is 17.2 Å². The molecule has 0 saturated heterocycles. The minimum absolute atomic E-state index is 0.00222. The molecule has 0 radical (unpaired) electrons. The molecule has 1 aromatic carbocycles. The Morgan fingerprint density at radius 1 is 1.25 bits per heavy atom. The molecule has 2 aromatic rings. The van der Waals surface area contributed by atoms with Gasteiger partial charge < -0.3 is 10.6 Å². The lowest BCUT2D eigenvalue weighted by Gasteiger charge is -2.14. The summed E-state index contributed by atoms with van der Waals surface area (Å²) in [5, 5.41) is 8.21. The smallest absolute Gasteiger partial charge is 0.252 e. The predicted octanol–water partition coefficient (Wildman–Crippen LogP) is 3.00. The van der Waals surface area contributed by atoms with E-state index in [1.807, 2.05) is 55.7 Å². The Hall–Kier alpha value is -1.65. The highest BCUT2D eigenvalue weighted by molar-refractivity contribution is 7.10. The number of hydrogen-bond acceptors (Lipinski definition) is 3. The van der Waals surface area contributed by atoms with Gasteiger partial charge in [-0.1, -0.05) is 24.3 Å². The summed E-state index contributed by atoms with van der Waals surface area (Å²) in [4.78, 5) is 13.6. The number of thiophene rings is 1. The zero-order chi connectivity index (χ0) is 14.4. The van der Waals surface area contributed by atoms with E-state index >= 15 is 0 Å². The van der Waals surface area contributed by atoms with E-state index in [0.29, 0.717) is 0 Å². The monoisotopic (exact) mass is 288 g/mol. The highest BCUT2D eigenvalue weighted by Crippen LogP contribution is 2.19. The van der Waals surface area contributed by atoms with Gasteiger partial charge in [0.2, 0.25) is 0 Å². The molecule has 0 aliphatic heterocycles. The van der Waals surface area contributed by atoms with Crippen molar-refractivity contribution in [1.29, 1.82) is 0 Å². The third-order valence-electron chi connectivity index (χ3n) is 3.22. The fourth-order valence-corrected chi connectivity index (χ4v) is 2.84. The summed E-state index contributed by atoms with van der Waals surface area (Å²) in [5.41, 5.74) is 1.85. The lowest BCUT2D eigenvalue weighted by atomic mass is 10.0. The molecule has 1 amide bonds. The number of benzene rings is 1. The van der Waals surface area contributed by atoms with Crippen molar-refractivity contribution in [3.05, 3.63) is 57.8 Å². The van der Waals surface area contributed by atoms with Crippen molar-refractivity contribution < 1.29 is 4.79 Å². The molecule has 1 heterocycles. The van der Waals surface area contributed by atoms with Crippen molar-refractivity contribution in [3.8, 4) is 0 Å². The standard InChI is InChI=1S/C16H20N2OS/c1-12(15-8-5-11-20-15)18-16(19)14-7-4-3-6-13(14)9-10-17-2/h3-8,11-12,17H,9-10H2,1-2H3,(H,18,19). The maximum Gasteiger partial charge on any atom is 0.252 e. The van der Waals surface area contributed by atoms with Crippen molar-refractivity contribution in [2.45, 2.75) is 19.4 Å². The van der Waals surface area contributed by atoms with Crippen LogP contribution in [0.3, 0.4) is 0 Å². The first-order valence-corrected chi connectivity index (χ1v) is 7.67. The zero-order valence-corrected chi connectivity index (χ0v) is 12.7. The van der Waals surface area contributed by atoms with E-state index in [1.54, 1.807) is 11.3 Å². The van der Waals surface area contributed by atoms with Crippen LogP contribution in [-0.2, 0) is 6.42 Å². The molecule has 3 nitrogen and oxygen atoms in total. The molecule has 0 fully saturated rings. The first-order chi connectivity index (χ1) is 9.72. The fourth-order valence-electron chi connectivity index (χ4n) is 2.10. The first kappa shape index (κ1) is 14.8. The fraction of sp³-hybridized carbons (Fsp3) is 0.312. The summed E-state index contributed by atoms with van der Waals surface area (Å²) in [6, 6.07) is 11.9. The summed E-state index contributed by atoms with van der Waals surface area (Å²) in [5.74, 6) is -0.00222. The second-order valence-electron chi connectivity index (χ2n) is 4.72. The van der Waals surface area contributed by atoms with Gasteiger partial charge in [0.25, 0.3) is 5.91 Å². The van der Waals surface area contributed by atoms with Crippen molar-refractivity contribution in [2.24, 2.45) is 0 Å². The average Bonchev–Trinajstić information content (AvgIpc) is 2.99. The van der Waals surface area contributed by atoms with Gasteiger partial charge in [0.05, 0.1) is 6.04 Å². The number of hydrogen-bond donors (Lipinski definition) is 2. The largest absolute Gasteiger partial charge is 0.345 e. The molecule has 0 saturated carbocycles. The molecule has 0 spiro atoms. The minimum Gasteiger partial charge on any atom is -0.345 e. The Kier molecular flexibility index (Phi) is 5.32. The summed E-state index contributed by atoms with van der Waals surface area (Å²) in [6.07, 6.45) is 0.855. The zero-order valence-electron chi connectivity index (χ0n) is 11.8. The quantitative estimate of drug-likeness (QED) is 0.858. The van der Waals surface area contributed by atoms with Crippen LogP contribution in [0.4, 0.5) is 0 Å². The Labute approximate surface area is 124 Å². The summed E-state index contributed by atoms with van der Waals surface area (Å²) in [7, 11) is 1.92. The second-order valence-corrected chi connectivity index (χ2v) is 5.70. The van der Waals surface area contributed by atoms with Gasteiger partial charge in [-0.2, -0.15) is 0 Å². The van der Waals surface area contributed by atoms with Gasteiger partial charge >= 0.3 is 0 Å². The topological polar surface area (TPSA) is 41.1 Å². The molecule has 20 heavy (non-hydrogen) atoms. The molecule has 0 aliphatic rings. The van der Waals surface area contributed by atoms with Gasteiger partial charge in [0, 0.05) is 10.4 Å². The Morgan fingerprint density at radius 3 is 2.75 bits per heavy atom. The minimum atomic E-state index is -0.00222. The molecule has 0 bridgehead atoms. The molecule has 0 aliphatic carbocycles. The molecular weight excluding hydrogens is 268 g/mol. The number of carbonyl (C=O) groups excluding carboxylic acids is 1. The normalized spacial score (nSPS) is 12.1. The van der Waals surface area contributed by atoms with E-state index in [1.165, 1.54) is 4.88 Å². The third-order valence-corrected chi connectivity index (χ3v) is 4.28. The van der Waals surface area contributed by atoms with Gasteiger partial charge in [-0.15, -0.1) is 11.3 Å². The molecular formula is C16H20N2OS. The highest BCUT2D eigenvalue weighted by atomic mass is 32.1. The highest BCUT2D eigenvalue weighted by Gasteiger charge is 2.14. The molecule has 2 N–H and O–H groups in total. The van der Waals surface area contributed by atoms with Crippen LogP contribution in [0.5, 0.6) is 0 Å². The van der Waals surface area contributed by atoms with Crippen molar-refractivity contribution in [2.75, 3.05) is 13.6 Å². The van der Waals surface area contributed by atoms with Crippen molar-refractivity contribution in [1.82, 2.24) is 10.6 Å². The van der Waals surface area contributed by atoms with E-state index in [2.05, 4.69) is 10.6 Å². The Morgan fingerprint density at radius 2 is 2.05 bits per heavy atom. The van der Waals surface area contributed by atoms with Gasteiger partial charge in [0.1, 0.15) is 0 Å². The molecule has 106 valence electrons. The summed E-state index contributed by atoms with van der Waals surface area (Å²) in [6.45, 7) is 2.88. The van der Waals surface area contributed by atoms with Gasteiger partial charge in [-0.25, -0.2) is 0 Å². The Balaban J connectivity index is 2.09. The van der Waals surface area contributed by atoms with E-state index in [0.717, 1.165) is 24.1 Å². The molecule has 4 heteroatoms. The molecule has 1 aromatic heterocycles. The third kappa shape index (κ3) is 3.68. The van der Waals surface area contributed by atoms with Crippen LogP contribution < -0.4 is 10.6 Å². The second kappa shape index (κ2) is 7.22. The van der Waals surface area contributed by atoms with Crippen LogP contribution in [0.1, 0.15) is 33.8 Å². The van der Waals surface area contributed by atoms with Crippen LogP contribution >= 0.6 is 11.3 Å². The van der Waals surface area contributed by atoms with E-state index in [-0.39, 0.29) is 11.9 Å². The first-order valence-electron chi connectivity index (χ1n) is 6.79. The average molecular weight is 288 g/mol. The predicted molar refractivity (Wildman–Crippen MR) is 84.3 cm³/mol. The van der Waals surface area contributed by atoms with Crippen LogP contribution in [0.15, 0.2) is 41.8 Å².